The van der Waals surface area contributed by atoms with Crippen LogP contribution in [-0.4, -0.2) is 32.7 Å². The zero-order chi connectivity index (χ0) is 11.8. The van der Waals surface area contributed by atoms with Gasteiger partial charge >= 0.3 is 12.4 Å². The zero-order valence-electron chi connectivity index (χ0n) is 6.44. The Morgan fingerprint density at radius 2 is 1.29 bits per heavy atom. The summed E-state index contributed by atoms with van der Waals surface area (Å²) < 4.78 is 91.7. The largest absolute Gasteiger partial charge is 0.439 e. The van der Waals surface area contributed by atoms with Gasteiger partial charge in [0.25, 0.3) is 10.0 Å². The maximum Gasteiger partial charge on any atom is 0.439 e. The van der Waals surface area contributed by atoms with Crippen LogP contribution in [0.4, 0.5) is 26.3 Å². The number of hydrogen-bond acceptors (Lipinski definition) is 2. The summed E-state index contributed by atoms with van der Waals surface area (Å²) in [4.78, 5) is 0. The molecule has 0 aliphatic rings. The molecule has 0 bridgehead atoms. The van der Waals surface area contributed by atoms with Gasteiger partial charge in [0.2, 0.25) is 5.71 Å². The van der Waals surface area contributed by atoms with Crippen LogP contribution in [0.1, 0.15) is 0 Å². The van der Waals surface area contributed by atoms with Crippen molar-refractivity contribution in [1.82, 2.24) is 0 Å². The van der Waals surface area contributed by atoms with Gasteiger partial charge in [0.1, 0.15) is 0 Å². The van der Waals surface area contributed by atoms with Gasteiger partial charge in [-0.25, -0.2) is 8.42 Å². The van der Waals surface area contributed by atoms with Gasteiger partial charge < -0.3 is 0 Å². The van der Waals surface area contributed by atoms with Crippen molar-refractivity contribution >= 4 is 15.7 Å². The smallest absolute Gasteiger partial charge is 0.205 e. The van der Waals surface area contributed by atoms with E-state index >= 15 is 0 Å². The molecule has 3 nitrogen and oxygen atoms in total. The van der Waals surface area contributed by atoms with E-state index < -0.39 is 28.1 Å². The summed E-state index contributed by atoms with van der Waals surface area (Å²) in [6, 6.07) is 0. The molecule has 0 unspecified atom stereocenters. The van der Waals surface area contributed by atoms with Crippen molar-refractivity contribution in [2.45, 2.75) is 12.4 Å². The predicted octanol–water partition coefficient (Wildman–Crippen LogP) is 1.51. The van der Waals surface area contributed by atoms with Crippen molar-refractivity contribution in [3.63, 3.8) is 0 Å². The molecule has 0 aromatic heterocycles. The number of nitrogens with zero attached hydrogens (tertiary/aromatic N) is 1. The Hall–Kier alpha value is -0.800. The highest BCUT2D eigenvalue weighted by Crippen LogP contribution is 2.30. The minimum absolute atomic E-state index is 0.129. The lowest BCUT2D eigenvalue weighted by Gasteiger charge is -2.12. The van der Waals surface area contributed by atoms with Crippen molar-refractivity contribution in [3.8, 4) is 0 Å². The van der Waals surface area contributed by atoms with Crippen LogP contribution >= 0.6 is 0 Å². The first kappa shape index (κ1) is 13.2. The summed E-state index contributed by atoms with van der Waals surface area (Å²) in [6.07, 6.45) is -11.6. The molecule has 0 aromatic rings. The zero-order valence-corrected chi connectivity index (χ0v) is 7.26. The van der Waals surface area contributed by atoms with Crippen molar-refractivity contribution < 1.29 is 34.8 Å². The Morgan fingerprint density at radius 1 is 1.00 bits per heavy atom. The Kier molecular flexibility index (Phi) is 3.21. The SMILES string of the molecule is CS(=O)(=O)N=C(C(F)(F)F)C(F)(F)F. The fourth-order valence-electron chi connectivity index (χ4n) is 0.430. The molecule has 0 heterocycles. The summed E-state index contributed by atoms with van der Waals surface area (Å²) in [6.45, 7) is 0. The third-order valence-corrected chi connectivity index (χ3v) is 1.31. The molecule has 0 N–H and O–H groups in total. The van der Waals surface area contributed by atoms with E-state index in [4.69, 9.17) is 0 Å². The average molecular weight is 243 g/mol. The molecule has 0 spiro atoms. The van der Waals surface area contributed by atoms with Crippen LogP contribution in [0, 0.1) is 0 Å². The Labute approximate surface area is 74.5 Å². The topological polar surface area (TPSA) is 46.5 Å². The van der Waals surface area contributed by atoms with Gasteiger partial charge in [-0.2, -0.15) is 30.7 Å². The van der Waals surface area contributed by atoms with Crippen LogP contribution in [0.2, 0.25) is 0 Å². The first-order valence-electron chi connectivity index (χ1n) is 2.78. The molecule has 0 aliphatic heterocycles. The van der Waals surface area contributed by atoms with Crippen molar-refractivity contribution in [1.29, 1.82) is 0 Å². The predicted molar refractivity (Wildman–Crippen MR) is 34.4 cm³/mol. The lowest BCUT2D eigenvalue weighted by molar-refractivity contribution is -0.117. The first-order chi connectivity index (χ1) is 5.84. The molecular formula is C4H3F6NO2S. The van der Waals surface area contributed by atoms with Gasteiger partial charge in [-0.1, -0.05) is 0 Å². The minimum atomic E-state index is -5.85. The fraction of sp³-hybridized carbons (Fsp3) is 0.750. The number of alkyl halides is 6. The molecule has 0 radical (unpaired) electrons. The molecule has 0 fully saturated rings. The second kappa shape index (κ2) is 3.41. The van der Waals surface area contributed by atoms with E-state index in [1.807, 2.05) is 0 Å². The normalized spacial score (nSPS) is 13.9. The van der Waals surface area contributed by atoms with Crippen LogP contribution in [0.25, 0.3) is 0 Å². The number of halogens is 6. The van der Waals surface area contributed by atoms with E-state index in [1.54, 1.807) is 4.40 Å². The van der Waals surface area contributed by atoms with E-state index in [-0.39, 0.29) is 6.26 Å². The summed E-state index contributed by atoms with van der Waals surface area (Å²) in [5.74, 6) is 0. The Morgan fingerprint density at radius 3 is 1.36 bits per heavy atom. The van der Waals surface area contributed by atoms with Crippen molar-refractivity contribution in [2.75, 3.05) is 6.26 Å². The van der Waals surface area contributed by atoms with E-state index in [2.05, 4.69) is 0 Å². The molecule has 0 aliphatic carbocycles. The van der Waals surface area contributed by atoms with Gasteiger partial charge in [-0.15, -0.1) is 0 Å². The average Bonchev–Trinajstić information content (AvgIpc) is 1.75. The van der Waals surface area contributed by atoms with E-state index in [0.717, 1.165) is 0 Å². The minimum Gasteiger partial charge on any atom is -0.205 e. The van der Waals surface area contributed by atoms with Gasteiger partial charge in [-0.05, 0) is 0 Å². The molecular weight excluding hydrogens is 240 g/mol. The second-order valence-electron chi connectivity index (χ2n) is 2.17. The quantitative estimate of drug-likeness (QED) is 0.517. The lowest BCUT2D eigenvalue weighted by atomic mass is 10.4. The van der Waals surface area contributed by atoms with E-state index in [1.165, 1.54) is 0 Å². The molecule has 0 aromatic carbocycles. The second-order valence-corrected chi connectivity index (χ2v) is 3.82. The summed E-state index contributed by atoms with van der Waals surface area (Å²) in [7, 11) is -4.74. The first-order valence-corrected chi connectivity index (χ1v) is 4.63. The summed E-state index contributed by atoms with van der Waals surface area (Å²) in [5.41, 5.74) is -3.28. The third kappa shape index (κ3) is 4.44. The van der Waals surface area contributed by atoms with Crippen LogP contribution in [0.15, 0.2) is 4.40 Å². The Balaban J connectivity index is 5.49. The number of hydrogen-bond donors (Lipinski definition) is 0. The summed E-state index contributed by atoms with van der Waals surface area (Å²) in [5, 5.41) is 0. The lowest BCUT2D eigenvalue weighted by Crippen LogP contribution is -2.37. The highest BCUT2D eigenvalue weighted by atomic mass is 32.2. The maximum absolute atomic E-state index is 11.6. The Bertz CT molecular complexity index is 320. The van der Waals surface area contributed by atoms with Gasteiger partial charge in [0, 0.05) is 0 Å². The van der Waals surface area contributed by atoms with Crippen LogP contribution < -0.4 is 0 Å². The van der Waals surface area contributed by atoms with Crippen LogP contribution in [-0.2, 0) is 10.0 Å². The van der Waals surface area contributed by atoms with Crippen molar-refractivity contribution in [3.05, 3.63) is 0 Å². The van der Waals surface area contributed by atoms with Gasteiger partial charge in [-0.3, -0.25) is 0 Å². The number of rotatable bonds is 1. The molecule has 0 atom stereocenters. The van der Waals surface area contributed by atoms with E-state index in [0.29, 0.717) is 0 Å². The molecule has 0 amide bonds. The standard InChI is InChI=1S/C4H3F6NO2S/c1-14(12,13)11-2(3(5,6)7)4(8,9)10/h1H3. The van der Waals surface area contributed by atoms with E-state index in [9.17, 15) is 34.8 Å². The van der Waals surface area contributed by atoms with Crippen LogP contribution in [0.5, 0.6) is 0 Å². The molecule has 10 heteroatoms. The highest BCUT2D eigenvalue weighted by molar-refractivity contribution is 7.89. The third-order valence-electron chi connectivity index (χ3n) is 0.794. The maximum atomic E-state index is 11.6. The molecule has 84 valence electrons. The molecule has 0 saturated carbocycles. The summed E-state index contributed by atoms with van der Waals surface area (Å²) >= 11 is 0. The van der Waals surface area contributed by atoms with Crippen molar-refractivity contribution in [2.24, 2.45) is 4.40 Å². The number of sulfonamides is 1. The monoisotopic (exact) mass is 243 g/mol. The molecule has 0 rings (SSSR count). The fourth-order valence-corrected chi connectivity index (χ4v) is 0.969. The van der Waals surface area contributed by atoms with Crippen LogP contribution in [0.3, 0.4) is 0 Å². The molecule has 0 saturated heterocycles. The van der Waals surface area contributed by atoms with Gasteiger partial charge in [0.15, 0.2) is 0 Å². The molecule has 14 heavy (non-hydrogen) atoms. The van der Waals surface area contributed by atoms with Gasteiger partial charge in [0.05, 0.1) is 6.26 Å². The highest BCUT2D eigenvalue weighted by Gasteiger charge is 2.54.